The Labute approximate surface area is 105 Å². The van der Waals surface area contributed by atoms with E-state index in [1.807, 2.05) is 37.4 Å². The van der Waals surface area contributed by atoms with Gasteiger partial charge in [0.15, 0.2) is 0 Å². The maximum Gasteiger partial charge on any atom is 0.492 e. The second kappa shape index (κ2) is 5.32. The van der Waals surface area contributed by atoms with Crippen LogP contribution in [-0.2, 0) is 0 Å². The summed E-state index contributed by atoms with van der Waals surface area (Å²) in [5.41, 5.74) is 0.962. The Balaban J connectivity index is 2.16. The Bertz CT molecular complexity index is 383. The van der Waals surface area contributed by atoms with E-state index in [4.69, 9.17) is 0 Å². The first-order chi connectivity index (χ1) is 8.46. The van der Waals surface area contributed by atoms with Crippen molar-refractivity contribution in [2.24, 2.45) is 0 Å². The average Bonchev–Trinajstić information content (AvgIpc) is 2.31. The van der Waals surface area contributed by atoms with E-state index >= 15 is 0 Å². The Kier molecular flexibility index (Phi) is 3.97. The average molecular weight is 257 g/mol. The molecule has 1 saturated heterocycles. The zero-order valence-electron chi connectivity index (χ0n) is 10.4. The summed E-state index contributed by atoms with van der Waals surface area (Å²) >= 11 is 0. The highest BCUT2D eigenvalue weighted by molar-refractivity contribution is 6.58. The number of hydrogen-bond acceptors (Lipinski definition) is 2. The largest absolute Gasteiger partial charge is 0.492 e. The molecule has 2 rings (SSSR count). The van der Waals surface area contributed by atoms with E-state index < -0.39 is 13.4 Å². The molecule has 1 atom stereocenters. The summed E-state index contributed by atoms with van der Waals surface area (Å²) in [4.78, 5) is 3.63. The SMILES string of the molecule is CN1CCN(C[B-](F)(F)F)C(c2ccccc2)C1. The number of nitrogens with zero attached hydrogens (tertiary/aromatic N) is 2. The molecule has 1 aliphatic heterocycles. The first-order valence-electron chi connectivity index (χ1n) is 6.14. The minimum Gasteiger partial charge on any atom is -0.448 e. The summed E-state index contributed by atoms with van der Waals surface area (Å²) < 4.78 is 37.9. The Hall–Kier alpha value is -1.01. The Morgan fingerprint density at radius 2 is 1.83 bits per heavy atom. The number of benzene rings is 1. The van der Waals surface area contributed by atoms with Gasteiger partial charge >= 0.3 is 6.98 Å². The Morgan fingerprint density at radius 1 is 1.17 bits per heavy atom. The maximum absolute atomic E-state index is 12.6. The third-order valence-corrected chi connectivity index (χ3v) is 3.32. The molecule has 0 saturated carbocycles. The van der Waals surface area contributed by atoms with Crippen molar-refractivity contribution in [3.05, 3.63) is 35.9 Å². The molecule has 1 heterocycles. The highest BCUT2D eigenvalue weighted by atomic mass is 19.4. The monoisotopic (exact) mass is 257 g/mol. The number of halogens is 3. The van der Waals surface area contributed by atoms with E-state index in [1.165, 1.54) is 0 Å². The van der Waals surface area contributed by atoms with Crippen molar-refractivity contribution < 1.29 is 12.9 Å². The molecule has 1 aliphatic rings. The van der Waals surface area contributed by atoms with Gasteiger partial charge in [-0.25, -0.2) is 0 Å². The predicted octanol–water partition coefficient (Wildman–Crippen LogP) is 2.36. The summed E-state index contributed by atoms with van der Waals surface area (Å²) in [6.07, 6.45) is -0.770. The van der Waals surface area contributed by atoms with Crippen LogP contribution in [0.15, 0.2) is 30.3 Å². The first-order valence-corrected chi connectivity index (χ1v) is 6.14. The van der Waals surface area contributed by atoms with E-state index in [2.05, 4.69) is 4.90 Å². The van der Waals surface area contributed by atoms with Crippen molar-refractivity contribution in [1.82, 2.24) is 9.80 Å². The molecule has 0 amide bonds. The highest BCUT2D eigenvalue weighted by Crippen LogP contribution is 2.26. The van der Waals surface area contributed by atoms with Crippen molar-refractivity contribution >= 4 is 6.98 Å². The molecule has 1 aromatic rings. The molecule has 0 radical (unpaired) electrons. The van der Waals surface area contributed by atoms with Crippen molar-refractivity contribution in [3.63, 3.8) is 0 Å². The summed E-state index contributed by atoms with van der Waals surface area (Å²) in [5, 5.41) is 0. The minimum atomic E-state index is -4.77. The molecule has 1 aromatic carbocycles. The number of rotatable bonds is 3. The first kappa shape index (κ1) is 13.4. The molecule has 100 valence electrons. The van der Waals surface area contributed by atoms with Crippen LogP contribution in [0.3, 0.4) is 0 Å². The van der Waals surface area contributed by atoms with Gasteiger partial charge in [-0.2, -0.15) is 0 Å². The lowest BCUT2D eigenvalue weighted by molar-refractivity contribution is 0.0976. The fourth-order valence-electron chi connectivity index (χ4n) is 2.43. The van der Waals surface area contributed by atoms with Gasteiger partial charge in [0.25, 0.3) is 0 Å². The molecule has 1 fully saturated rings. The summed E-state index contributed by atoms with van der Waals surface area (Å²) in [5.74, 6) is 0. The smallest absolute Gasteiger partial charge is 0.448 e. The molecular formula is C12H17BF3N2-. The Morgan fingerprint density at radius 3 is 2.44 bits per heavy atom. The molecule has 1 unspecified atom stereocenters. The maximum atomic E-state index is 12.6. The zero-order chi connectivity index (χ0) is 13.2. The standard InChI is InChI=1S/C12H17BF3N2/c1-17-7-8-18(10-13(14,15)16)12(9-17)11-5-3-2-4-6-11/h2-6,12H,7-10H2,1H3/q-1. The van der Waals surface area contributed by atoms with Gasteiger partial charge in [-0.15, -0.1) is 0 Å². The molecule has 6 heteroatoms. The van der Waals surface area contributed by atoms with Gasteiger partial charge in [0.2, 0.25) is 0 Å². The fourth-order valence-corrected chi connectivity index (χ4v) is 2.43. The van der Waals surface area contributed by atoms with Crippen LogP contribution < -0.4 is 0 Å². The van der Waals surface area contributed by atoms with Crippen molar-refractivity contribution in [3.8, 4) is 0 Å². The molecule has 0 spiro atoms. The summed E-state index contributed by atoms with van der Waals surface area (Å²) in [6, 6.07) is 9.28. The summed E-state index contributed by atoms with van der Waals surface area (Å²) in [7, 11) is 1.95. The van der Waals surface area contributed by atoms with Gasteiger partial charge in [0, 0.05) is 25.7 Å². The predicted molar refractivity (Wildman–Crippen MR) is 67.3 cm³/mol. The van der Waals surface area contributed by atoms with E-state index in [9.17, 15) is 12.9 Å². The second-order valence-electron chi connectivity index (χ2n) is 4.89. The van der Waals surface area contributed by atoms with Crippen LogP contribution in [-0.4, -0.2) is 49.9 Å². The lowest BCUT2D eigenvalue weighted by atomic mass is 9.88. The molecule has 0 aliphatic carbocycles. The molecule has 18 heavy (non-hydrogen) atoms. The lowest BCUT2D eigenvalue weighted by Gasteiger charge is -2.42. The van der Waals surface area contributed by atoms with Gasteiger partial charge < -0.3 is 22.7 Å². The molecule has 0 N–H and O–H groups in total. The minimum absolute atomic E-state index is 0.159. The topological polar surface area (TPSA) is 6.48 Å². The van der Waals surface area contributed by atoms with E-state index in [0.717, 1.165) is 5.56 Å². The van der Waals surface area contributed by atoms with Gasteiger partial charge in [-0.1, -0.05) is 30.3 Å². The van der Waals surface area contributed by atoms with Crippen LogP contribution in [0.2, 0.25) is 0 Å². The van der Waals surface area contributed by atoms with Crippen LogP contribution in [0.25, 0.3) is 0 Å². The third-order valence-electron chi connectivity index (χ3n) is 3.32. The normalized spacial score (nSPS) is 23.2. The third kappa shape index (κ3) is 3.49. The van der Waals surface area contributed by atoms with E-state index in [1.54, 1.807) is 4.90 Å². The van der Waals surface area contributed by atoms with E-state index in [0.29, 0.717) is 19.6 Å². The van der Waals surface area contributed by atoms with Crippen molar-refractivity contribution in [2.75, 3.05) is 33.1 Å². The van der Waals surface area contributed by atoms with Gasteiger partial charge in [-0.05, 0) is 19.1 Å². The van der Waals surface area contributed by atoms with Crippen LogP contribution >= 0.6 is 0 Å². The molecule has 0 aromatic heterocycles. The van der Waals surface area contributed by atoms with Gasteiger partial charge in [0.1, 0.15) is 0 Å². The van der Waals surface area contributed by atoms with Gasteiger partial charge in [-0.3, -0.25) is 0 Å². The van der Waals surface area contributed by atoms with E-state index in [-0.39, 0.29) is 6.04 Å². The molecule has 2 nitrogen and oxygen atoms in total. The summed E-state index contributed by atoms with van der Waals surface area (Å²) in [6.45, 7) is -2.96. The zero-order valence-corrected chi connectivity index (χ0v) is 10.4. The van der Waals surface area contributed by atoms with Gasteiger partial charge in [0.05, 0.1) is 0 Å². The number of piperazine rings is 1. The second-order valence-corrected chi connectivity index (χ2v) is 4.89. The fraction of sp³-hybridized carbons (Fsp3) is 0.500. The highest BCUT2D eigenvalue weighted by Gasteiger charge is 2.33. The molecule has 0 bridgehead atoms. The quantitative estimate of drug-likeness (QED) is 0.767. The van der Waals surface area contributed by atoms with Crippen LogP contribution in [0, 0.1) is 0 Å². The van der Waals surface area contributed by atoms with Crippen LogP contribution in [0.5, 0.6) is 0 Å². The van der Waals surface area contributed by atoms with Crippen LogP contribution in [0.1, 0.15) is 11.6 Å². The van der Waals surface area contributed by atoms with Crippen molar-refractivity contribution in [1.29, 1.82) is 0 Å². The van der Waals surface area contributed by atoms with Crippen LogP contribution in [0.4, 0.5) is 12.9 Å². The van der Waals surface area contributed by atoms with Crippen molar-refractivity contribution in [2.45, 2.75) is 6.04 Å². The number of likely N-dealkylation sites (N-methyl/N-ethyl adjacent to an activating group) is 1. The number of hydrogen-bond donors (Lipinski definition) is 0. The molecular weight excluding hydrogens is 240 g/mol. The lowest BCUT2D eigenvalue weighted by Crippen LogP contribution is -2.51.